The fourth-order valence-corrected chi connectivity index (χ4v) is 6.71. The van der Waals surface area contributed by atoms with Gasteiger partial charge in [-0.05, 0) is 67.6 Å². The molecule has 4 fully saturated rings. The van der Waals surface area contributed by atoms with E-state index >= 15 is 0 Å². The van der Waals surface area contributed by atoms with Crippen molar-refractivity contribution in [1.82, 2.24) is 0 Å². The average molecular weight is 318 g/mol. The summed E-state index contributed by atoms with van der Waals surface area (Å²) in [6, 6.07) is 0. The van der Waals surface area contributed by atoms with E-state index in [4.69, 9.17) is 4.74 Å². The van der Waals surface area contributed by atoms with Crippen LogP contribution in [0.2, 0.25) is 0 Å². The van der Waals surface area contributed by atoms with E-state index in [0.717, 1.165) is 44.9 Å². The number of aldehydes is 1. The summed E-state index contributed by atoms with van der Waals surface area (Å²) in [4.78, 5) is 12.1. The zero-order valence-electron chi connectivity index (χ0n) is 14.5. The summed E-state index contributed by atoms with van der Waals surface area (Å²) >= 11 is 0. The van der Waals surface area contributed by atoms with Crippen molar-refractivity contribution in [2.45, 2.75) is 71.2 Å². The Bertz CT molecular complexity index is 529. The topological polar surface area (TPSA) is 46.5 Å². The second kappa shape index (κ2) is 5.16. The van der Waals surface area contributed by atoms with E-state index in [0.29, 0.717) is 11.8 Å². The van der Waals surface area contributed by atoms with E-state index in [1.54, 1.807) is 0 Å². The molecule has 0 aromatic heterocycles. The molecule has 128 valence electrons. The Hall–Kier alpha value is -0.670. The highest BCUT2D eigenvalue weighted by molar-refractivity contribution is 5.56. The minimum absolute atomic E-state index is 0.0310. The van der Waals surface area contributed by atoms with Crippen molar-refractivity contribution in [2.24, 2.45) is 34.5 Å². The Morgan fingerprint density at radius 3 is 2.70 bits per heavy atom. The molecular formula is C20H30O3. The minimum Gasteiger partial charge on any atom is -0.368 e. The molecule has 4 rings (SSSR count). The van der Waals surface area contributed by atoms with Crippen molar-refractivity contribution in [2.75, 3.05) is 0 Å². The molecule has 1 saturated heterocycles. The highest BCUT2D eigenvalue weighted by atomic mass is 16.6. The number of hydrogen-bond donors (Lipinski definition) is 1. The number of fused-ring (bicyclic) bond motifs is 3. The van der Waals surface area contributed by atoms with Crippen LogP contribution < -0.4 is 0 Å². The van der Waals surface area contributed by atoms with Gasteiger partial charge in [-0.15, -0.1) is 0 Å². The molecule has 0 amide bonds. The smallest absolute Gasteiger partial charge is 0.158 e. The molecule has 3 heteroatoms. The zero-order valence-corrected chi connectivity index (χ0v) is 14.5. The average Bonchev–Trinajstić information content (AvgIpc) is 3.01. The lowest BCUT2D eigenvalue weighted by molar-refractivity contribution is -0.139. The Labute approximate surface area is 139 Å². The third-order valence-corrected chi connectivity index (χ3v) is 8.34. The fourth-order valence-electron chi connectivity index (χ4n) is 6.71. The third-order valence-electron chi connectivity index (χ3n) is 8.34. The standard InChI is InChI=1S/C20H30O3/c1-12-4-5-15-14(11-21)16(7-9-19(12,15)2)20(3)8-6-13-10-17(20)18(22)23-13/h11,13-18,22H,1,4-10H2,2-3H3/t13-,14-,15-,16-,17+,18+,19+,20+/m0/s1. The van der Waals surface area contributed by atoms with Crippen molar-refractivity contribution >= 4 is 6.29 Å². The van der Waals surface area contributed by atoms with Gasteiger partial charge in [-0.1, -0.05) is 26.0 Å². The van der Waals surface area contributed by atoms with Gasteiger partial charge in [-0.25, -0.2) is 0 Å². The normalized spacial score (nSPS) is 55.7. The van der Waals surface area contributed by atoms with Crippen molar-refractivity contribution < 1.29 is 14.6 Å². The molecule has 3 saturated carbocycles. The van der Waals surface area contributed by atoms with Crippen LogP contribution in [0.4, 0.5) is 0 Å². The van der Waals surface area contributed by atoms with E-state index in [2.05, 4.69) is 20.4 Å². The second-order valence-electron chi connectivity index (χ2n) is 9.06. The van der Waals surface area contributed by atoms with E-state index in [-0.39, 0.29) is 28.8 Å². The Morgan fingerprint density at radius 1 is 1.17 bits per heavy atom. The molecule has 23 heavy (non-hydrogen) atoms. The van der Waals surface area contributed by atoms with Crippen LogP contribution in [-0.2, 0) is 9.53 Å². The Balaban J connectivity index is 1.66. The lowest BCUT2D eigenvalue weighted by Crippen LogP contribution is -2.50. The molecule has 3 nitrogen and oxygen atoms in total. The number of rotatable bonds is 2. The van der Waals surface area contributed by atoms with E-state index in [1.807, 2.05) is 0 Å². The van der Waals surface area contributed by atoms with Gasteiger partial charge in [0.15, 0.2) is 6.29 Å². The number of aliphatic hydroxyl groups excluding tert-OH is 1. The van der Waals surface area contributed by atoms with E-state index in [9.17, 15) is 9.90 Å². The van der Waals surface area contributed by atoms with Crippen LogP contribution in [0.5, 0.6) is 0 Å². The SMILES string of the molecule is C=C1CC[C@H]2[C@H](C=O)[C@@H]([C@@]3(C)CC[C@H]4C[C@@H]3[C@H](O)O4)CC[C@]12C. The van der Waals surface area contributed by atoms with Crippen LogP contribution in [0, 0.1) is 34.5 Å². The Morgan fingerprint density at radius 2 is 1.96 bits per heavy atom. The van der Waals surface area contributed by atoms with Crippen LogP contribution in [0.15, 0.2) is 12.2 Å². The molecule has 0 unspecified atom stereocenters. The lowest BCUT2D eigenvalue weighted by atomic mass is 9.50. The molecule has 1 heterocycles. The fraction of sp³-hybridized carbons (Fsp3) is 0.850. The molecule has 1 aliphatic heterocycles. The predicted molar refractivity (Wildman–Crippen MR) is 88.6 cm³/mol. The zero-order chi connectivity index (χ0) is 16.4. The quantitative estimate of drug-likeness (QED) is 0.623. The third kappa shape index (κ3) is 2.05. The minimum atomic E-state index is -0.633. The van der Waals surface area contributed by atoms with Gasteiger partial charge in [0, 0.05) is 11.8 Å². The summed E-state index contributed by atoms with van der Waals surface area (Å²) in [7, 11) is 0. The summed E-state index contributed by atoms with van der Waals surface area (Å²) < 4.78 is 5.72. The van der Waals surface area contributed by atoms with Gasteiger partial charge in [0.2, 0.25) is 0 Å². The number of carbonyl (C=O) groups is 1. The van der Waals surface area contributed by atoms with Gasteiger partial charge in [-0.2, -0.15) is 0 Å². The highest BCUT2D eigenvalue weighted by Gasteiger charge is 2.59. The van der Waals surface area contributed by atoms with Crippen LogP contribution in [0.25, 0.3) is 0 Å². The number of carbonyl (C=O) groups excluding carboxylic acids is 1. The summed E-state index contributed by atoms with van der Waals surface area (Å²) in [5.41, 5.74) is 1.54. The molecule has 1 N–H and O–H groups in total. The first-order valence-corrected chi connectivity index (χ1v) is 9.37. The van der Waals surface area contributed by atoms with Gasteiger partial charge >= 0.3 is 0 Å². The number of hydrogen-bond acceptors (Lipinski definition) is 3. The summed E-state index contributed by atoms with van der Waals surface area (Å²) in [6.07, 6.45) is 8.33. The predicted octanol–water partition coefficient (Wildman–Crippen LogP) is 3.71. The molecular weight excluding hydrogens is 288 g/mol. The van der Waals surface area contributed by atoms with Crippen LogP contribution >= 0.6 is 0 Å². The molecule has 0 radical (unpaired) electrons. The number of ether oxygens (including phenoxy) is 1. The molecule has 0 aromatic rings. The molecule has 2 bridgehead atoms. The molecule has 3 aliphatic carbocycles. The van der Waals surface area contributed by atoms with Crippen molar-refractivity contribution in [3.05, 3.63) is 12.2 Å². The lowest BCUT2D eigenvalue weighted by Gasteiger charge is -2.54. The largest absolute Gasteiger partial charge is 0.368 e. The van der Waals surface area contributed by atoms with Crippen LogP contribution in [0.1, 0.15) is 58.8 Å². The van der Waals surface area contributed by atoms with E-state index in [1.165, 1.54) is 11.9 Å². The Kier molecular flexibility index (Phi) is 3.55. The van der Waals surface area contributed by atoms with Gasteiger partial charge in [0.25, 0.3) is 0 Å². The monoisotopic (exact) mass is 318 g/mol. The van der Waals surface area contributed by atoms with Gasteiger partial charge in [0.1, 0.15) is 6.29 Å². The summed E-state index contributed by atoms with van der Waals surface area (Å²) in [5.74, 6) is 1.14. The van der Waals surface area contributed by atoms with Crippen LogP contribution in [0.3, 0.4) is 0 Å². The van der Waals surface area contributed by atoms with Gasteiger partial charge in [0.05, 0.1) is 6.10 Å². The van der Waals surface area contributed by atoms with E-state index < -0.39 is 6.29 Å². The first-order chi connectivity index (χ1) is 10.9. The number of allylic oxidation sites excluding steroid dienone is 1. The molecule has 4 aliphatic rings. The van der Waals surface area contributed by atoms with Crippen LogP contribution in [-0.4, -0.2) is 23.8 Å². The van der Waals surface area contributed by atoms with Gasteiger partial charge < -0.3 is 14.6 Å². The molecule has 8 atom stereocenters. The van der Waals surface area contributed by atoms with Gasteiger partial charge in [-0.3, -0.25) is 0 Å². The van der Waals surface area contributed by atoms with Crippen molar-refractivity contribution in [3.63, 3.8) is 0 Å². The first kappa shape index (κ1) is 15.8. The second-order valence-corrected chi connectivity index (χ2v) is 9.06. The maximum Gasteiger partial charge on any atom is 0.158 e. The maximum atomic E-state index is 12.1. The number of aliphatic hydroxyl groups is 1. The molecule has 0 aromatic carbocycles. The maximum absolute atomic E-state index is 12.1. The first-order valence-electron chi connectivity index (χ1n) is 9.37. The highest BCUT2D eigenvalue weighted by Crippen LogP contribution is 2.64. The summed E-state index contributed by atoms with van der Waals surface area (Å²) in [6.45, 7) is 8.95. The van der Waals surface area contributed by atoms with Crippen molar-refractivity contribution in [1.29, 1.82) is 0 Å². The van der Waals surface area contributed by atoms with Crippen molar-refractivity contribution in [3.8, 4) is 0 Å². The molecule has 0 spiro atoms. The summed E-state index contributed by atoms with van der Waals surface area (Å²) in [5, 5.41) is 10.4.